The van der Waals surface area contributed by atoms with Crippen LogP contribution in [0.25, 0.3) is 0 Å². The number of amides is 3. The van der Waals surface area contributed by atoms with Crippen molar-refractivity contribution in [3.8, 4) is 11.5 Å². The van der Waals surface area contributed by atoms with Gasteiger partial charge in [-0.05, 0) is 42.8 Å². The molecule has 3 amide bonds. The lowest BCUT2D eigenvalue weighted by atomic mass is 10.1. The van der Waals surface area contributed by atoms with E-state index >= 15 is 0 Å². The van der Waals surface area contributed by atoms with Gasteiger partial charge in [0.2, 0.25) is 0 Å². The fourth-order valence-corrected chi connectivity index (χ4v) is 5.53. The minimum atomic E-state index is -1.08. The van der Waals surface area contributed by atoms with Gasteiger partial charge in [0, 0.05) is 24.4 Å². The Labute approximate surface area is 180 Å². The summed E-state index contributed by atoms with van der Waals surface area (Å²) in [7, 11) is 3.22. The van der Waals surface area contributed by atoms with Gasteiger partial charge >= 0.3 is 6.03 Å². The van der Waals surface area contributed by atoms with Crippen LogP contribution in [0.1, 0.15) is 18.1 Å². The van der Waals surface area contributed by atoms with E-state index in [4.69, 9.17) is 9.47 Å². The molecule has 2 aromatic carbocycles. The molecular formula is C22H25N3O4S. The second kappa shape index (κ2) is 8.10. The van der Waals surface area contributed by atoms with Crippen LogP contribution in [0.4, 0.5) is 10.5 Å². The third kappa shape index (κ3) is 3.15. The second-order valence-electron chi connectivity index (χ2n) is 7.11. The molecule has 0 aliphatic carbocycles. The molecule has 2 aliphatic heterocycles. The van der Waals surface area contributed by atoms with Crippen LogP contribution in [0.3, 0.4) is 0 Å². The number of fused-ring (bicyclic) bond motifs is 2. The number of hydrogen-bond acceptors (Lipinski definition) is 5. The van der Waals surface area contributed by atoms with Crippen molar-refractivity contribution in [1.82, 2.24) is 10.2 Å². The number of anilines is 1. The molecule has 0 unspecified atom stereocenters. The number of ether oxygens (including phenoxy) is 2. The van der Waals surface area contributed by atoms with Crippen LogP contribution in [-0.2, 0) is 16.2 Å². The maximum Gasteiger partial charge on any atom is 0.319 e. The van der Waals surface area contributed by atoms with Gasteiger partial charge in [0.05, 0.1) is 26.5 Å². The zero-order valence-electron chi connectivity index (χ0n) is 17.3. The van der Waals surface area contributed by atoms with Crippen LogP contribution in [0, 0.1) is 0 Å². The predicted octanol–water partition coefficient (Wildman–Crippen LogP) is 3.18. The van der Waals surface area contributed by atoms with Gasteiger partial charge in [-0.2, -0.15) is 0 Å². The van der Waals surface area contributed by atoms with Gasteiger partial charge in [-0.15, -0.1) is 11.8 Å². The van der Waals surface area contributed by atoms with Crippen LogP contribution < -0.4 is 19.7 Å². The van der Waals surface area contributed by atoms with E-state index in [-0.39, 0.29) is 11.9 Å². The number of hydrogen-bond donors (Lipinski definition) is 1. The molecule has 158 valence electrons. The molecule has 0 saturated carbocycles. The summed E-state index contributed by atoms with van der Waals surface area (Å²) < 4.78 is 10.8. The second-order valence-corrected chi connectivity index (χ2v) is 8.39. The summed E-state index contributed by atoms with van der Waals surface area (Å²) in [5.41, 5.74) is 2.55. The van der Waals surface area contributed by atoms with Crippen LogP contribution in [-0.4, -0.2) is 49.9 Å². The summed E-state index contributed by atoms with van der Waals surface area (Å²) in [6.45, 7) is 3.27. The Morgan fingerprint density at radius 1 is 1.17 bits per heavy atom. The van der Waals surface area contributed by atoms with Crippen molar-refractivity contribution in [2.45, 2.75) is 18.3 Å². The lowest BCUT2D eigenvalue weighted by molar-refractivity contribution is -0.123. The first-order chi connectivity index (χ1) is 14.5. The Bertz CT molecular complexity index is 983. The summed E-state index contributed by atoms with van der Waals surface area (Å²) in [5.74, 6) is 1.98. The highest BCUT2D eigenvalue weighted by atomic mass is 32.2. The van der Waals surface area contributed by atoms with E-state index in [1.807, 2.05) is 49.4 Å². The molecule has 1 N–H and O–H groups in total. The standard InChI is InChI=1S/C22H25N3O4S/c1-4-23-21(27)25-10-11-30-22(25)18-13-17(29-3)8-9-19(18)24(20(22)26)14-15-6-5-7-16(12-15)28-2/h5-9,12-13H,4,10-11,14H2,1-3H3,(H,23,27)/t22-/m1/s1. The molecule has 1 saturated heterocycles. The lowest BCUT2D eigenvalue weighted by Gasteiger charge is -2.33. The van der Waals surface area contributed by atoms with Crippen LogP contribution in [0.2, 0.25) is 0 Å². The molecule has 7 nitrogen and oxygen atoms in total. The Hall–Kier alpha value is -2.87. The van der Waals surface area contributed by atoms with Crippen molar-refractivity contribution in [1.29, 1.82) is 0 Å². The van der Waals surface area contributed by atoms with Crippen molar-refractivity contribution in [3.05, 3.63) is 53.6 Å². The van der Waals surface area contributed by atoms with Crippen LogP contribution >= 0.6 is 11.8 Å². The predicted molar refractivity (Wildman–Crippen MR) is 117 cm³/mol. The lowest BCUT2D eigenvalue weighted by Crippen LogP contribution is -2.53. The fourth-order valence-electron chi connectivity index (χ4n) is 4.08. The van der Waals surface area contributed by atoms with E-state index < -0.39 is 4.87 Å². The van der Waals surface area contributed by atoms with Gasteiger partial charge in [0.1, 0.15) is 11.5 Å². The molecule has 8 heteroatoms. The number of methoxy groups -OCH3 is 2. The Balaban J connectivity index is 1.79. The summed E-state index contributed by atoms with van der Waals surface area (Å²) >= 11 is 1.50. The Morgan fingerprint density at radius 2 is 1.93 bits per heavy atom. The summed E-state index contributed by atoms with van der Waals surface area (Å²) in [6.07, 6.45) is 0. The maximum absolute atomic E-state index is 13.9. The molecule has 30 heavy (non-hydrogen) atoms. The third-order valence-corrected chi connectivity index (χ3v) is 6.87. The van der Waals surface area contributed by atoms with Gasteiger partial charge in [0.25, 0.3) is 5.91 Å². The van der Waals surface area contributed by atoms with Gasteiger partial charge in [-0.1, -0.05) is 12.1 Å². The topological polar surface area (TPSA) is 71.1 Å². The molecule has 1 spiro atoms. The molecule has 2 heterocycles. The van der Waals surface area contributed by atoms with Gasteiger partial charge in [-0.3, -0.25) is 9.69 Å². The first-order valence-electron chi connectivity index (χ1n) is 9.88. The average Bonchev–Trinajstić information content (AvgIpc) is 3.31. The summed E-state index contributed by atoms with van der Waals surface area (Å²) in [6, 6.07) is 13.1. The smallest absolute Gasteiger partial charge is 0.319 e. The number of carbonyl (C=O) groups is 2. The molecule has 4 rings (SSSR count). The van der Waals surface area contributed by atoms with Crippen molar-refractivity contribution >= 4 is 29.4 Å². The normalized spacial score (nSPS) is 19.9. The SMILES string of the molecule is CCNC(=O)N1CCS[C@]12C(=O)N(Cc1cccc(OC)c1)c1ccc(OC)cc12. The zero-order chi connectivity index (χ0) is 21.3. The van der Waals surface area contributed by atoms with E-state index in [0.29, 0.717) is 31.1 Å². The molecule has 2 aromatic rings. The highest BCUT2D eigenvalue weighted by Gasteiger charge is 2.59. The minimum Gasteiger partial charge on any atom is -0.497 e. The Kier molecular flexibility index (Phi) is 5.51. The van der Waals surface area contributed by atoms with E-state index in [0.717, 1.165) is 22.6 Å². The van der Waals surface area contributed by atoms with E-state index in [1.165, 1.54) is 11.8 Å². The van der Waals surface area contributed by atoms with E-state index in [2.05, 4.69) is 5.32 Å². The molecule has 1 atom stereocenters. The number of urea groups is 1. The molecule has 0 aromatic heterocycles. The van der Waals surface area contributed by atoms with Crippen molar-refractivity contribution < 1.29 is 19.1 Å². The van der Waals surface area contributed by atoms with Crippen molar-refractivity contribution in [3.63, 3.8) is 0 Å². The van der Waals surface area contributed by atoms with Crippen LogP contribution in [0.5, 0.6) is 11.5 Å². The minimum absolute atomic E-state index is 0.109. The molecule has 0 bridgehead atoms. The zero-order valence-corrected chi connectivity index (χ0v) is 18.1. The highest BCUT2D eigenvalue weighted by Crippen LogP contribution is 2.55. The quantitative estimate of drug-likeness (QED) is 0.794. The number of benzene rings is 2. The number of rotatable bonds is 5. The van der Waals surface area contributed by atoms with Gasteiger partial charge in [0.15, 0.2) is 4.87 Å². The average molecular weight is 428 g/mol. The van der Waals surface area contributed by atoms with Crippen LogP contribution in [0.15, 0.2) is 42.5 Å². The van der Waals surface area contributed by atoms with Crippen molar-refractivity contribution in [2.75, 3.05) is 38.0 Å². The molecule has 1 fully saturated rings. The van der Waals surface area contributed by atoms with Gasteiger partial charge in [-0.25, -0.2) is 4.79 Å². The maximum atomic E-state index is 13.9. The first kappa shape index (κ1) is 20.4. The Morgan fingerprint density at radius 3 is 2.67 bits per heavy atom. The van der Waals surface area contributed by atoms with E-state index in [1.54, 1.807) is 24.0 Å². The highest BCUT2D eigenvalue weighted by molar-refractivity contribution is 8.01. The summed E-state index contributed by atoms with van der Waals surface area (Å²) in [5, 5.41) is 2.85. The monoisotopic (exact) mass is 427 g/mol. The van der Waals surface area contributed by atoms with E-state index in [9.17, 15) is 9.59 Å². The van der Waals surface area contributed by atoms with Gasteiger partial charge < -0.3 is 19.7 Å². The summed E-state index contributed by atoms with van der Waals surface area (Å²) in [4.78, 5) is 29.1. The molecule has 2 aliphatic rings. The largest absolute Gasteiger partial charge is 0.497 e. The molecule has 0 radical (unpaired) electrons. The number of nitrogens with zero attached hydrogens (tertiary/aromatic N) is 2. The number of carbonyl (C=O) groups excluding carboxylic acids is 2. The first-order valence-corrected chi connectivity index (χ1v) is 10.9. The molecular weight excluding hydrogens is 402 g/mol. The number of thioether (sulfide) groups is 1. The number of nitrogens with one attached hydrogen (secondary N) is 1. The fraction of sp³-hybridized carbons (Fsp3) is 0.364. The third-order valence-electron chi connectivity index (χ3n) is 5.45. The van der Waals surface area contributed by atoms with Crippen molar-refractivity contribution in [2.24, 2.45) is 0 Å².